The molecule has 1 atom stereocenters. The highest BCUT2D eigenvalue weighted by Gasteiger charge is 2.12. The van der Waals surface area contributed by atoms with Crippen LogP contribution in [0.25, 0.3) is 0 Å². The molecule has 1 rings (SSSR count). The maximum absolute atomic E-state index is 11.1. The first-order valence-electron chi connectivity index (χ1n) is 5.87. The zero-order chi connectivity index (χ0) is 13.4. The normalized spacial score (nSPS) is 11.7. The number of benzene rings is 1. The number of nitrogens with one attached hydrogen (secondary N) is 2. The molecule has 0 aliphatic carbocycles. The Balaban J connectivity index is 2.55. The SMILES string of the molecule is CCC(=O)NO[C@H](Cc1ccccc1)NC(C)=O. The van der Waals surface area contributed by atoms with Crippen molar-refractivity contribution in [2.45, 2.75) is 32.9 Å². The smallest absolute Gasteiger partial charge is 0.243 e. The Labute approximate surface area is 106 Å². The average Bonchev–Trinajstić information content (AvgIpc) is 2.36. The largest absolute Gasteiger partial charge is 0.329 e. The highest BCUT2D eigenvalue weighted by Crippen LogP contribution is 2.03. The molecule has 0 unspecified atom stereocenters. The molecule has 0 aliphatic rings. The van der Waals surface area contributed by atoms with Gasteiger partial charge < -0.3 is 5.32 Å². The Hall–Kier alpha value is -1.88. The molecule has 1 aromatic rings. The molecule has 0 radical (unpaired) electrons. The van der Waals surface area contributed by atoms with Crippen LogP contribution in [-0.2, 0) is 20.8 Å². The van der Waals surface area contributed by atoms with E-state index in [2.05, 4.69) is 10.8 Å². The maximum atomic E-state index is 11.1. The van der Waals surface area contributed by atoms with Crippen LogP contribution in [0.15, 0.2) is 30.3 Å². The van der Waals surface area contributed by atoms with Crippen LogP contribution < -0.4 is 10.8 Å². The molecule has 18 heavy (non-hydrogen) atoms. The van der Waals surface area contributed by atoms with Crippen molar-refractivity contribution in [1.29, 1.82) is 0 Å². The van der Waals surface area contributed by atoms with Gasteiger partial charge in [-0.25, -0.2) is 10.3 Å². The van der Waals surface area contributed by atoms with Crippen LogP contribution in [0.5, 0.6) is 0 Å². The van der Waals surface area contributed by atoms with Crippen LogP contribution in [0.2, 0.25) is 0 Å². The van der Waals surface area contributed by atoms with E-state index >= 15 is 0 Å². The van der Waals surface area contributed by atoms with Crippen LogP contribution >= 0.6 is 0 Å². The first-order valence-corrected chi connectivity index (χ1v) is 5.87. The highest BCUT2D eigenvalue weighted by atomic mass is 16.7. The topological polar surface area (TPSA) is 67.4 Å². The molecule has 1 aromatic carbocycles. The summed E-state index contributed by atoms with van der Waals surface area (Å²) < 4.78 is 0. The second-order valence-corrected chi connectivity index (χ2v) is 3.88. The molecule has 2 N–H and O–H groups in total. The van der Waals surface area contributed by atoms with E-state index in [1.807, 2.05) is 30.3 Å². The summed E-state index contributed by atoms with van der Waals surface area (Å²) in [5, 5.41) is 2.63. The van der Waals surface area contributed by atoms with Crippen LogP contribution in [-0.4, -0.2) is 18.0 Å². The first kappa shape index (κ1) is 14.2. The van der Waals surface area contributed by atoms with Crippen LogP contribution in [0.3, 0.4) is 0 Å². The summed E-state index contributed by atoms with van der Waals surface area (Å²) in [6.07, 6.45) is 0.253. The van der Waals surface area contributed by atoms with E-state index in [0.29, 0.717) is 12.8 Å². The fourth-order valence-corrected chi connectivity index (χ4v) is 1.39. The lowest BCUT2D eigenvalue weighted by molar-refractivity contribution is -0.143. The second-order valence-electron chi connectivity index (χ2n) is 3.88. The molecular weight excluding hydrogens is 232 g/mol. The molecule has 0 spiro atoms. The number of amides is 2. The minimum atomic E-state index is -0.569. The molecule has 98 valence electrons. The van der Waals surface area contributed by atoms with E-state index < -0.39 is 6.23 Å². The minimum Gasteiger partial charge on any atom is -0.329 e. The molecule has 5 nitrogen and oxygen atoms in total. The summed E-state index contributed by atoms with van der Waals surface area (Å²) in [5.74, 6) is -0.430. The average molecular weight is 250 g/mol. The summed E-state index contributed by atoms with van der Waals surface area (Å²) in [6.45, 7) is 3.13. The third-order valence-corrected chi connectivity index (χ3v) is 2.26. The van der Waals surface area contributed by atoms with Gasteiger partial charge >= 0.3 is 0 Å². The van der Waals surface area contributed by atoms with Crippen molar-refractivity contribution in [1.82, 2.24) is 10.8 Å². The molecule has 0 aromatic heterocycles. The van der Waals surface area contributed by atoms with E-state index in [1.54, 1.807) is 6.92 Å². The zero-order valence-corrected chi connectivity index (χ0v) is 10.6. The van der Waals surface area contributed by atoms with Gasteiger partial charge in [0.2, 0.25) is 11.8 Å². The van der Waals surface area contributed by atoms with Gasteiger partial charge in [-0.2, -0.15) is 0 Å². The minimum absolute atomic E-state index is 0.207. The molecule has 2 amide bonds. The predicted octanol–water partition coefficient (Wildman–Crippen LogP) is 1.15. The van der Waals surface area contributed by atoms with Gasteiger partial charge in [-0.15, -0.1) is 0 Å². The standard InChI is InChI=1S/C13H18N2O3/c1-3-12(17)15-18-13(14-10(2)16)9-11-7-5-4-6-8-11/h4-8,13H,3,9H2,1-2H3,(H,14,16)(H,15,17)/t13-/m1/s1. The quantitative estimate of drug-likeness (QED) is 0.588. The Morgan fingerprint density at radius 1 is 1.28 bits per heavy atom. The third-order valence-electron chi connectivity index (χ3n) is 2.26. The molecule has 0 saturated heterocycles. The van der Waals surface area contributed by atoms with Gasteiger partial charge in [0.25, 0.3) is 0 Å². The monoisotopic (exact) mass is 250 g/mol. The van der Waals surface area contributed by atoms with E-state index in [9.17, 15) is 9.59 Å². The second kappa shape index (κ2) is 7.45. The summed E-state index contributed by atoms with van der Waals surface area (Å²) in [5.41, 5.74) is 3.32. The lowest BCUT2D eigenvalue weighted by Crippen LogP contribution is -2.42. The maximum Gasteiger partial charge on any atom is 0.243 e. The molecule has 0 bridgehead atoms. The van der Waals surface area contributed by atoms with Crippen LogP contribution in [0.1, 0.15) is 25.8 Å². The van der Waals surface area contributed by atoms with Gasteiger partial charge in [-0.3, -0.25) is 9.59 Å². The summed E-state index contributed by atoms with van der Waals surface area (Å²) in [6, 6.07) is 9.59. The highest BCUT2D eigenvalue weighted by molar-refractivity contribution is 5.74. The molecule has 0 aliphatic heterocycles. The van der Waals surface area contributed by atoms with Gasteiger partial charge in [-0.05, 0) is 5.56 Å². The van der Waals surface area contributed by atoms with Crippen molar-refractivity contribution in [3.8, 4) is 0 Å². The van der Waals surface area contributed by atoms with Crippen molar-refractivity contribution >= 4 is 11.8 Å². The Morgan fingerprint density at radius 2 is 1.94 bits per heavy atom. The fourth-order valence-electron chi connectivity index (χ4n) is 1.39. The predicted molar refractivity (Wildman–Crippen MR) is 67.3 cm³/mol. The lowest BCUT2D eigenvalue weighted by atomic mass is 10.1. The third kappa shape index (κ3) is 5.45. The molecule has 0 saturated carbocycles. The number of carbonyl (C=O) groups is 2. The van der Waals surface area contributed by atoms with Crippen molar-refractivity contribution < 1.29 is 14.4 Å². The number of hydroxylamine groups is 1. The zero-order valence-electron chi connectivity index (χ0n) is 10.6. The fraction of sp³-hybridized carbons (Fsp3) is 0.385. The van der Waals surface area contributed by atoms with Crippen molar-refractivity contribution in [3.63, 3.8) is 0 Å². The van der Waals surface area contributed by atoms with Crippen molar-refractivity contribution in [3.05, 3.63) is 35.9 Å². The molecule has 5 heteroatoms. The van der Waals surface area contributed by atoms with E-state index in [-0.39, 0.29) is 11.8 Å². The lowest BCUT2D eigenvalue weighted by Gasteiger charge is -2.18. The van der Waals surface area contributed by atoms with Gasteiger partial charge in [-0.1, -0.05) is 37.3 Å². The number of carbonyl (C=O) groups excluding carboxylic acids is 2. The van der Waals surface area contributed by atoms with Crippen LogP contribution in [0.4, 0.5) is 0 Å². The number of rotatable bonds is 6. The summed E-state index contributed by atoms with van der Waals surface area (Å²) in [7, 11) is 0. The molecule has 0 fully saturated rings. The number of hydrogen-bond acceptors (Lipinski definition) is 3. The summed E-state index contributed by atoms with van der Waals surface area (Å²) >= 11 is 0. The van der Waals surface area contributed by atoms with Crippen molar-refractivity contribution in [2.75, 3.05) is 0 Å². The number of hydrogen-bond donors (Lipinski definition) is 2. The van der Waals surface area contributed by atoms with Gasteiger partial charge in [0.1, 0.15) is 0 Å². The first-order chi connectivity index (χ1) is 8.61. The van der Waals surface area contributed by atoms with E-state index in [4.69, 9.17) is 4.84 Å². The Kier molecular flexibility index (Phi) is 5.87. The van der Waals surface area contributed by atoms with Gasteiger partial charge in [0.15, 0.2) is 6.23 Å². The molecular formula is C13H18N2O3. The van der Waals surface area contributed by atoms with Gasteiger partial charge in [0, 0.05) is 19.8 Å². The van der Waals surface area contributed by atoms with E-state index in [1.165, 1.54) is 6.92 Å². The van der Waals surface area contributed by atoms with Crippen LogP contribution in [0, 0.1) is 0 Å². The molecule has 0 heterocycles. The summed E-state index contributed by atoms with van der Waals surface area (Å²) in [4.78, 5) is 27.3. The Bertz CT molecular complexity index is 392. The van der Waals surface area contributed by atoms with Gasteiger partial charge in [0.05, 0.1) is 0 Å². The van der Waals surface area contributed by atoms with E-state index in [0.717, 1.165) is 5.56 Å². The van der Waals surface area contributed by atoms with Crippen molar-refractivity contribution in [2.24, 2.45) is 0 Å². The Morgan fingerprint density at radius 3 is 2.50 bits per heavy atom.